The summed E-state index contributed by atoms with van der Waals surface area (Å²) in [5.74, 6) is 1.14. The van der Waals surface area contributed by atoms with Crippen molar-refractivity contribution in [2.24, 2.45) is 0 Å². The van der Waals surface area contributed by atoms with Gasteiger partial charge in [0.25, 0.3) is 11.8 Å². The van der Waals surface area contributed by atoms with E-state index in [9.17, 15) is 9.59 Å². The molecule has 184 valence electrons. The summed E-state index contributed by atoms with van der Waals surface area (Å²) >= 11 is 0. The van der Waals surface area contributed by atoms with Crippen molar-refractivity contribution in [1.82, 2.24) is 10.3 Å². The molecule has 0 unspecified atom stereocenters. The van der Waals surface area contributed by atoms with Gasteiger partial charge in [0.1, 0.15) is 6.61 Å². The van der Waals surface area contributed by atoms with Crippen molar-refractivity contribution in [2.75, 3.05) is 26.1 Å². The van der Waals surface area contributed by atoms with Crippen molar-refractivity contribution < 1.29 is 28.5 Å². The van der Waals surface area contributed by atoms with Crippen molar-refractivity contribution in [3.63, 3.8) is 0 Å². The fourth-order valence-electron chi connectivity index (χ4n) is 3.15. The second kappa shape index (κ2) is 12.3. The van der Waals surface area contributed by atoms with Crippen LogP contribution in [0, 0.1) is 0 Å². The number of methoxy groups -OCH3 is 2. The van der Waals surface area contributed by atoms with Gasteiger partial charge < -0.3 is 29.6 Å². The summed E-state index contributed by atoms with van der Waals surface area (Å²) in [4.78, 5) is 28.7. The number of aromatic nitrogens is 1. The Morgan fingerprint density at radius 3 is 2.26 bits per heavy atom. The zero-order valence-corrected chi connectivity index (χ0v) is 20.2. The highest BCUT2D eigenvalue weighted by atomic mass is 16.5. The zero-order chi connectivity index (χ0) is 25.2. The third-order valence-corrected chi connectivity index (χ3v) is 4.80. The minimum Gasteiger partial charge on any atom is -0.493 e. The van der Waals surface area contributed by atoms with E-state index < -0.39 is 0 Å². The van der Waals surface area contributed by atoms with Gasteiger partial charge in [-0.15, -0.1) is 0 Å². The van der Waals surface area contributed by atoms with Gasteiger partial charge in [-0.05, 0) is 61.9 Å². The molecule has 9 nitrogen and oxygen atoms in total. The standard InChI is InChI=1S/C26H29N3O6/c1-17(2)28-25(30)16-35-22-7-5-19(13-23(22)33-4)26(31)29-20-6-8-21(32-3)24(14-20)34-15-18-9-11-27-12-10-18/h5-14,17H,15-16H2,1-4H3,(H,28,30)(H,29,31). The van der Waals surface area contributed by atoms with Gasteiger partial charge >= 0.3 is 0 Å². The molecule has 3 aromatic rings. The highest BCUT2D eigenvalue weighted by molar-refractivity contribution is 6.04. The van der Waals surface area contributed by atoms with Crippen LogP contribution in [-0.2, 0) is 11.4 Å². The molecule has 0 radical (unpaired) electrons. The molecule has 1 aromatic heterocycles. The van der Waals surface area contributed by atoms with Crippen LogP contribution in [0.15, 0.2) is 60.9 Å². The second-order valence-corrected chi connectivity index (χ2v) is 7.84. The molecule has 0 saturated heterocycles. The Morgan fingerprint density at radius 1 is 0.857 bits per heavy atom. The van der Waals surface area contributed by atoms with Gasteiger partial charge in [0.05, 0.1) is 14.2 Å². The Balaban J connectivity index is 1.68. The minimum absolute atomic E-state index is 0.0126. The summed E-state index contributed by atoms with van der Waals surface area (Å²) in [6, 6.07) is 13.6. The van der Waals surface area contributed by atoms with Crippen LogP contribution in [0.25, 0.3) is 0 Å². The first kappa shape index (κ1) is 25.4. The van der Waals surface area contributed by atoms with Crippen molar-refractivity contribution in [1.29, 1.82) is 0 Å². The molecule has 3 rings (SSSR count). The number of nitrogens with one attached hydrogen (secondary N) is 2. The third-order valence-electron chi connectivity index (χ3n) is 4.80. The molecule has 0 aliphatic rings. The van der Waals surface area contributed by atoms with E-state index in [-0.39, 0.29) is 24.5 Å². The molecule has 0 aliphatic carbocycles. The molecule has 0 saturated carbocycles. The normalized spacial score (nSPS) is 10.4. The number of benzene rings is 2. The summed E-state index contributed by atoms with van der Waals surface area (Å²) < 4.78 is 22.2. The lowest BCUT2D eigenvalue weighted by Crippen LogP contribution is -2.34. The first-order valence-electron chi connectivity index (χ1n) is 11.0. The Hall–Kier alpha value is -4.27. The maximum atomic E-state index is 12.9. The molecule has 9 heteroatoms. The van der Waals surface area contributed by atoms with Crippen LogP contribution in [-0.4, -0.2) is 43.7 Å². The van der Waals surface area contributed by atoms with Gasteiger partial charge in [0.2, 0.25) is 0 Å². The molecular formula is C26H29N3O6. The number of pyridine rings is 1. The predicted octanol–water partition coefficient (Wildman–Crippen LogP) is 3.83. The van der Waals surface area contributed by atoms with Crippen molar-refractivity contribution in [3.05, 3.63) is 72.1 Å². The first-order chi connectivity index (χ1) is 16.9. The molecule has 2 amide bonds. The maximum Gasteiger partial charge on any atom is 0.258 e. The lowest BCUT2D eigenvalue weighted by molar-refractivity contribution is -0.123. The van der Waals surface area contributed by atoms with Crippen LogP contribution in [0.1, 0.15) is 29.8 Å². The van der Waals surface area contributed by atoms with Crippen LogP contribution in [0.4, 0.5) is 5.69 Å². The largest absolute Gasteiger partial charge is 0.493 e. The van der Waals surface area contributed by atoms with Gasteiger partial charge in [0, 0.05) is 35.8 Å². The first-order valence-corrected chi connectivity index (χ1v) is 11.0. The summed E-state index contributed by atoms with van der Waals surface area (Å²) in [5.41, 5.74) is 1.84. The lowest BCUT2D eigenvalue weighted by Gasteiger charge is -2.14. The van der Waals surface area contributed by atoms with Gasteiger partial charge in [-0.3, -0.25) is 14.6 Å². The van der Waals surface area contributed by atoms with E-state index in [4.69, 9.17) is 18.9 Å². The lowest BCUT2D eigenvalue weighted by atomic mass is 10.1. The molecule has 0 atom stereocenters. The van der Waals surface area contributed by atoms with Crippen LogP contribution >= 0.6 is 0 Å². The number of ether oxygens (including phenoxy) is 4. The van der Waals surface area contributed by atoms with Gasteiger partial charge in [0.15, 0.2) is 29.6 Å². The van der Waals surface area contributed by atoms with E-state index in [1.807, 2.05) is 26.0 Å². The fourth-order valence-corrected chi connectivity index (χ4v) is 3.15. The second-order valence-electron chi connectivity index (χ2n) is 7.84. The van der Waals surface area contributed by atoms with Crippen LogP contribution in [0.3, 0.4) is 0 Å². The smallest absolute Gasteiger partial charge is 0.258 e. The zero-order valence-electron chi connectivity index (χ0n) is 20.2. The number of amides is 2. The Labute approximate surface area is 204 Å². The van der Waals surface area contributed by atoms with E-state index >= 15 is 0 Å². The fraction of sp³-hybridized carbons (Fsp3) is 0.269. The van der Waals surface area contributed by atoms with Gasteiger partial charge in [-0.2, -0.15) is 0 Å². The Kier molecular flexibility index (Phi) is 8.89. The van der Waals surface area contributed by atoms with E-state index in [1.54, 1.807) is 55.9 Å². The number of carbonyl (C=O) groups is 2. The van der Waals surface area contributed by atoms with E-state index in [1.165, 1.54) is 7.11 Å². The Bertz CT molecular complexity index is 1150. The number of hydrogen-bond acceptors (Lipinski definition) is 7. The summed E-state index contributed by atoms with van der Waals surface area (Å²) in [5, 5.41) is 5.59. The summed E-state index contributed by atoms with van der Waals surface area (Å²) in [6.07, 6.45) is 3.38. The predicted molar refractivity (Wildman–Crippen MR) is 131 cm³/mol. The van der Waals surface area contributed by atoms with Crippen molar-refractivity contribution in [2.45, 2.75) is 26.5 Å². The summed E-state index contributed by atoms with van der Waals surface area (Å²) in [7, 11) is 3.02. The minimum atomic E-state index is -0.349. The number of carbonyl (C=O) groups excluding carboxylic acids is 2. The number of anilines is 1. The molecule has 35 heavy (non-hydrogen) atoms. The molecule has 0 spiro atoms. The summed E-state index contributed by atoms with van der Waals surface area (Å²) in [6.45, 7) is 3.90. The number of hydrogen-bond donors (Lipinski definition) is 2. The highest BCUT2D eigenvalue weighted by Gasteiger charge is 2.14. The Morgan fingerprint density at radius 2 is 1.57 bits per heavy atom. The van der Waals surface area contributed by atoms with Crippen molar-refractivity contribution in [3.8, 4) is 23.0 Å². The van der Waals surface area contributed by atoms with Crippen LogP contribution in [0.5, 0.6) is 23.0 Å². The molecular weight excluding hydrogens is 450 g/mol. The molecule has 0 bridgehead atoms. The van der Waals surface area contributed by atoms with E-state index in [0.29, 0.717) is 40.9 Å². The number of rotatable bonds is 11. The van der Waals surface area contributed by atoms with Crippen LogP contribution in [0.2, 0.25) is 0 Å². The quantitative estimate of drug-likeness (QED) is 0.430. The van der Waals surface area contributed by atoms with Gasteiger partial charge in [-0.25, -0.2) is 0 Å². The number of nitrogens with zero attached hydrogens (tertiary/aromatic N) is 1. The van der Waals surface area contributed by atoms with E-state index in [2.05, 4.69) is 15.6 Å². The maximum absolute atomic E-state index is 12.9. The van der Waals surface area contributed by atoms with Crippen molar-refractivity contribution >= 4 is 17.5 Å². The SMILES string of the molecule is COc1cc(C(=O)Nc2ccc(OC)c(OCc3ccncc3)c2)ccc1OCC(=O)NC(C)C. The molecule has 0 fully saturated rings. The molecule has 1 heterocycles. The monoisotopic (exact) mass is 479 g/mol. The molecule has 2 aromatic carbocycles. The molecule has 2 N–H and O–H groups in total. The van der Waals surface area contributed by atoms with Gasteiger partial charge in [-0.1, -0.05) is 0 Å². The van der Waals surface area contributed by atoms with E-state index in [0.717, 1.165) is 5.56 Å². The molecule has 0 aliphatic heterocycles. The topological polar surface area (TPSA) is 108 Å². The average molecular weight is 480 g/mol. The average Bonchev–Trinajstić information content (AvgIpc) is 2.86. The third kappa shape index (κ3) is 7.36. The highest BCUT2D eigenvalue weighted by Crippen LogP contribution is 2.32. The van der Waals surface area contributed by atoms with Crippen LogP contribution < -0.4 is 29.6 Å².